The highest BCUT2D eigenvalue weighted by Gasteiger charge is 2.55. The van der Waals surface area contributed by atoms with E-state index in [0.717, 1.165) is 19.3 Å². The molecule has 0 bridgehead atoms. The lowest BCUT2D eigenvalue weighted by molar-refractivity contribution is 0.00555. The lowest BCUT2D eigenvalue weighted by atomic mass is 9.65. The lowest BCUT2D eigenvalue weighted by Gasteiger charge is -2.49. The van der Waals surface area contributed by atoms with Gasteiger partial charge in [-0.15, -0.1) is 0 Å². The number of methoxy groups -OCH3 is 1. The number of aliphatic hydroxyl groups excluding tert-OH is 1. The first kappa shape index (κ1) is 25.7. The summed E-state index contributed by atoms with van der Waals surface area (Å²) in [6.45, 7) is 2.09. The van der Waals surface area contributed by atoms with Gasteiger partial charge in [0.05, 0.1) is 36.0 Å². The summed E-state index contributed by atoms with van der Waals surface area (Å²) in [5, 5.41) is 12.1. The van der Waals surface area contributed by atoms with Gasteiger partial charge in [0.2, 0.25) is 0 Å². The molecule has 8 N–H and O–H groups in total. The maximum Gasteiger partial charge on any atom is 0.273 e. The highest BCUT2D eigenvalue weighted by Crippen LogP contribution is 2.42. The van der Waals surface area contributed by atoms with Crippen molar-refractivity contribution in [1.82, 2.24) is 5.43 Å². The van der Waals surface area contributed by atoms with Crippen LogP contribution >= 0.6 is 0 Å². The molecule has 0 heterocycles. The van der Waals surface area contributed by atoms with Crippen molar-refractivity contribution in [2.24, 2.45) is 34.3 Å². The molecule has 3 saturated carbocycles. The van der Waals surface area contributed by atoms with Gasteiger partial charge in [-0.25, -0.2) is 0 Å². The fourth-order valence-corrected chi connectivity index (χ4v) is 7.66. The smallest absolute Gasteiger partial charge is 0.273 e. The highest BCUT2D eigenvalue weighted by molar-refractivity contribution is 7.87. The Morgan fingerprint density at radius 2 is 1.72 bits per heavy atom. The Balaban J connectivity index is 1.92. The molecule has 14 heteroatoms. The van der Waals surface area contributed by atoms with Gasteiger partial charge in [-0.3, -0.25) is 9.11 Å². The lowest BCUT2D eigenvalue weighted by Crippen LogP contribution is -2.66. The SMILES string of the molecule is COC1CCC(C)CC1N/N=C1/C(N)C2C(CC1S(=O)(=O)O)CC(S(=O)(=O)O)C(N)C2O. The molecule has 0 aromatic carbocycles. The van der Waals surface area contributed by atoms with Crippen molar-refractivity contribution in [3.05, 3.63) is 0 Å². The Kier molecular flexibility index (Phi) is 7.57. The number of hydrazone groups is 1. The second-order valence-electron chi connectivity index (χ2n) is 9.42. The van der Waals surface area contributed by atoms with E-state index in [1.807, 2.05) is 0 Å². The Hall–Kier alpha value is -0.870. The van der Waals surface area contributed by atoms with Gasteiger partial charge in [0, 0.05) is 13.0 Å². The molecule has 32 heavy (non-hydrogen) atoms. The third-order valence-corrected chi connectivity index (χ3v) is 9.78. The van der Waals surface area contributed by atoms with Gasteiger partial charge in [0.1, 0.15) is 10.5 Å². The first-order valence-electron chi connectivity index (χ1n) is 10.7. The van der Waals surface area contributed by atoms with E-state index in [2.05, 4.69) is 17.5 Å². The molecular weight excluding hydrogens is 464 g/mol. The first-order valence-corrected chi connectivity index (χ1v) is 13.7. The molecule has 0 spiro atoms. The topological polar surface area (TPSA) is 215 Å². The molecule has 0 radical (unpaired) electrons. The first-order chi connectivity index (χ1) is 14.8. The van der Waals surface area contributed by atoms with Crippen molar-refractivity contribution in [2.75, 3.05) is 7.11 Å². The zero-order valence-electron chi connectivity index (χ0n) is 18.1. The van der Waals surface area contributed by atoms with Crippen molar-refractivity contribution in [1.29, 1.82) is 0 Å². The summed E-state index contributed by atoms with van der Waals surface area (Å²) in [6, 6.07) is -2.59. The number of hydrogen-bond donors (Lipinski definition) is 6. The molecule has 186 valence electrons. The number of nitrogens with zero attached hydrogens (tertiary/aromatic N) is 1. The molecular formula is C18H34N4O8S2. The second-order valence-corrected chi connectivity index (χ2v) is 12.7. The minimum Gasteiger partial charge on any atom is -0.391 e. The van der Waals surface area contributed by atoms with E-state index >= 15 is 0 Å². The van der Waals surface area contributed by atoms with E-state index in [9.17, 15) is 31.0 Å². The Morgan fingerprint density at radius 3 is 2.28 bits per heavy atom. The predicted octanol–water partition coefficient (Wildman–Crippen LogP) is -1.30. The van der Waals surface area contributed by atoms with E-state index in [-0.39, 0.29) is 30.7 Å². The van der Waals surface area contributed by atoms with Crippen molar-refractivity contribution >= 4 is 25.9 Å². The summed E-state index contributed by atoms with van der Waals surface area (Å²) < 4.78 is 72.7. The van der Waals surface area contributed by atoms with Crippen LogP contribution in [0.25, 0.3) is 0 Å². The van der Waals surface area contributed by atoms with E-state index in [1.54, 1.807) is 7.11 Å². The van der Waals surface area contributed by atoms with Crippen LogP contribution in [0.15, 0.2) is 5.10 Å². The van der Waals surface area contributed by atoms with Crippen LogP contribution < -0.4 is 16.9 Å². The van der Waals surface area contributed by atoms with Crippen molar-refractivity contribution < 1.29 is 35.8 Å². The van der Waals surface area contributed by atoms with Gasteiger partial charge >= 0.3 is 0 Å². The fraction of sp³-hybridized carbons (Fsp3) is 0.944. The zero-order valence-corrected chi connectivity index (χ0v) is 19.7. The van der Waals surface area contributed by atoms with Crippen molar-refractivity contribution in [3.8, 4) is 0 Å². The van der Waals surface area contributed by atoms with Gasteiger partial charge in [0.25, 0.3) is 20.2 Å². The second kappa shape index (κ2) is 9.41. The predicted molar refractivity (Wildman–Crippen MR) is 117 cm³/mol. The maximum atomic E-state index is 12.2. The van der Waals surface area contributed by atoms with Gasteiger partial charge in [-0.05, 0) is 43.9 Å². The third-order valence-electron chi connectivity index (χ3n) is 7.35. The average molecular weight is 499 g/mol. The standard InChI is InChI=1S/C18H34N4O8S2/c1-8-3-4-11(30-2)10(5-8)21-22-17-13(32(27,28)29)7-9-6-12(31(24,25)26)15(19)18(23)14(9)16(17)20/h8-16,18,21,23H,3-7,19-20H2,1-2H3,(H,24,25,26)(H,27,28,29)/b22-17+. The molecule has 3 aliphatic rings. The summed E-state index contributed by atoms with van der Waals surface area (Å²) in [7, 11) is -7.62. The van der Waals surface area contributed by atoms with Crippen LogP contribution in [-0.2, 0) is 25.0 Å². The molecule has 3 fully saturated rings. The van der Waals surface area contributed by atoms with E-state index < -0.39 is 60.8 Å². The molecule has 10 atom stereocenters. The Labute approximate surface area is 188 Å². The molecule has 0 aliphatic heterocycles. The molecule has 10 unspecified atom stereocenters. The van der Waals surface area contributed by atoms with Crippen LogP contribution in [-0.4, -0.2) is 84.7 Å². The number of nitrogens with two attached hydrogens (primary N) is 2. The van der Waals surface area contributed by atoms with Gasteiger partial charge < -0.3 is 26.7 Å². The Bertz CT molecular complexity index is 927. The van der Waals surface area contributed by atoms with Crippen molar-refractivity contribution in [2.45, 2.75) is 79.9 Å². The summed E-state index contributed by atoms with van der Waals surface area (Å²) in [6.07, 6.45) is 0.612. The molecule has 0 saturated heterocycles. The largest absolute Gasteiger partial charge is 0.391 e. The van der Waals surface area contributed by atoms with E-state index in [0.29, 0.717) is 5.92 Å². The monoisotopic (exact) mass is 498 g/mol. The summed E-state index contributed by atoms with van der Waals surface area (Å²) >= 11 is 0. The van der Waals surface area contributed by atoms with Crippen LogP contribution in [0.5, 0.6) is 0 Å². The van der Waals surface area contributed by atoms with Crippen LogP contribution in [0.3, 0.4) is 0 Å². The number of hydrogen-bond acceptors (Lipinski definition) is 10. The number of aliphatic hydroxyl groups is 1. The molecule has 3 aliphatic carbocycles. The summed E-state index contributed by atoms with van der Waals surface area (Å²) in [5.41, 5.74) is 15.2. The maximum absolute atomic E-state index is 12.2. The molecule has 3 rings (SSSR count). The summed E-state index contributed by atoms with van der Waals surface area (Å²) in [5.74, 6) is -1.08. The van der Waals surface area contributed by atoms with Crippen molar-refractivity contribution in [3.63, 3.8) is 0 Å². The van der Waals surface area contributed by atoms with Crippen LogP contribution in [0.2, 0.25) is 0 Å². The third kappa shape index (κ3) is 5.12. The number of fused-ring (bicyclic) bond motifs is 1. The minimum absolute atomic E-state index is 0.0432. The average Bonchev–Trinajstić information content (AvgIpc) is 2.68. The minimum atomic E-state index is -4.63. The van der Waals surface area contributed by atoms with E-state index in [4.69, 9.17) is 16.2 Å². The number of nitrogens with one attached hydrogen (secondary N) is 1. The molecule has 0 aromatic rings. The van der Waals surface area contributed by atoms with E-state index in [1.165, 1.54) is 0 Å². The van der Waals surface area contributed by atoms with Crippen LogP contribution in [0, 0.1) is 17.8 Å². The number of rotatable bonds is 5. The fourth-order valence-electron chi connectivity index (χ4n) is 5.60. The zero-order chi connectivity index (χ0) is 24.0. The van der Waals surface area contributed by atoms with Gasteiger partial charge in [0.15, 0.2) is 0 Å². The van der Waals surface area contributed by atoms with Gasteiger partial charge in [-0.2, -0.15) is 21.9 Å². The highest BCUT2D eigenvalue weighted by atomic mass is 32.2. The summed E-state index contributed by atoms with van der Waals surface area (Å²) in [4.78, 5) is 0. The quantitative estimate of drug-likeness (QED) is 0.193. The normalized spacial score (nSPS) is 44.8. The molecule has 0 amide bonds. The molecule has 0 aromatic heterocycles. The van der Waals surface area contributed by atoms with Crippen LogP contribution in [0.4, 0.5) is 0 Å². The Morgan fingerprint density at radius 1 is 1.06 bits per heavy atom. The number of ether oxygens (including phenoxy) is 1. The molecule has 12 nitrogen and oxygen atoms in total. The van der Waals surface area contributed by atoms with Crippen LogP contribution in [0.1, 0.15) is 39.0 Å². The van der Waals surface area contributed by atoms with Gasteiger partial charge in [-0.1, -0.05) is 6.92 Å².